The SMILES string of the molecule is Cc1ccc(OCCC(=O)N(C)C)c(S(=O)(=O)Cl)c1. The Morgan fingerprint density at radius 2 is 2.00 bits per heavy atom. The minimum atomic E-state index is -3.87. The number of rotatable bonds is 5. The van der Waals surface area contributed by atoms with Gasteiger partial charge >= 0.3 is 0 Å². The standard InChI is InChI=1S/C12H16ClNO4S/c1-9-4-5-10(11(8-9)19(13,16)17)18-7-6-12(15)14(2)3/h4-5,8H,6-7H2,1-3H3. The summed E-state index contributed by atoms with van der Waals surface area (Å²) in [6, 6.07) is 4.69. The monoisotopic (exact) mass is 305 g/mol. The lowest BCUT2D eigenvalue weighted by atomic mass is 10.2. The van der Waals surface area contributed by atoms with Crippen molar-refractivity contribution >= 4 is 25.6 Å². The van der Waals surface area contributed by atoms with Crippen molar-refractivity contribution in [2.75, 3.05) is 20.7 Å². The molecule has 1 aromatic carbocycles. The van der Waals surface area contributed by atoms with Crippen molar-refractivity contribution in [3.05, 3.63) is 23.8 Å². The maximum atomic E-state index is 11.4. The van der Waals surface area contributed by atoms with E-state index in [1.165, 1.54) is 17.0 Å². The number of halogens is 1. The quantitative estimate of drug-likeness (QED) is 0.778. The van der Waals surface area contributed by atoms with Gasteiger partial charge in [-0.3, -0.25) is 4.79 Å². The molecular weight excluding hydrogens is 290 g/mol. The van der Waals surface area contributed by atoms with Gasteiger partial charge in [0.2, 0.25) is 5.91 Å². The van der Waals surface area contributed by atoms with Crippen molar-refractivity contribution in [2.24, 2.45) is 0 Å². The summed E-state index contributed by atoms with van der Waals surface area (Å²) in [7, 11) is 4.76. The fraction of sp³-hybridized carbons (Fsp3) is 0.417. The highest BCUT2D eigenvalue weighted by atomic mass is 35.7. The molecule has 5 nitrogen and oxygen atoms in total. The fourth-order valence-electron chi connectivity index (χ4n) is 1.40. The molecule has 7 heteroatoms. The zero-order valence-corrected chi connectivity index (χ0v) is 12.6. The zero-order valence-electron chi connectivity index (χ0n) is 11.0. The lowest BCUT2D eigenvalue weighted by molar-refractivity contribution is -0.129. The normalized spacial score (nSPS) is 11.2. The molecule has 0 atom stereocenters. The van der Waals surface area contributed by atoms with E-state index in [1.807, 2.05) is 0 Å². The molecule has 0 saturated heterocycles. The van der Waals surface area contributed by atoms with Crippen LogP contribution in [0.4, 0.5) is 0 Å². The third-order valence-electron chi connectivity index (χ3n) is 2.43. The number of benzene rings is 1. The first-order valence-corrected chi connectivity index (χ1v) is 7.91. The lowest BCUT2D eigenvalue weighted by Crippen LogP contribution is -2.23. The summed E-state index contributed by atoms with van der Waals surface area (Å²) in [6.45, 7) is 1.85. The Labute approximate surface area is 117 Å². The molecule has 0 aliphatic heterocycles. The van der Waals surface area contributed by atoms with Gasteiger partial charge in [0.25, 0.3) is 9.05 Å². The molecule has 1 rings (SSSR count). The highest BCUT2D eigenvalue weighted by Crippen LogP contribution is 2.28. The summed E-state index contributed by atoms with van der Waals surface area (Å²) >= 11 is 0. The molecule has 0 aliphatic carbocycles. The average Bonchev–Trinajstić information content (AvgIpc) is 2.29. The average molecular weight is 306 g/mol. The molecular formula is C12H16ClNO4S. The van der Waals surface area contributed by atoms with Gasteiger partial charge < -0.3 is 9.64 Å². The maximum Gasteiger partial charge on any atom is 0.264 e. The largest absolute Gasteiger partial charge is 0.492 e. The number of aryl methyl sites for hydroxylation is 1. The van der Waals surface area contributed by atoms with E-state index >= 15 is 0 Å². The fourth-order valence-corrected chi connectivity index (χ4v) is 2.45. The second kappa shape index (κ2) is 6.25. The van der Waals surface area contributed by atoms with E-state index in [0.29, 0.717) is 0 Å². The summed E-state index contributed by atoms with van der Waals surface area (Å²) in [5.74, 6) is 0.0644. The molecule has 0 N–H and O–H groups in total. The maximum absolute atomic E-state index is 11.4. The van der Waals surface area contributed by atoms with E-state index in [4.69, 9.17) is 15.4 Å². The number of hydrogen-bond acceptors (Lipinski definition) is 4. The van der Waals surface area contributed by atoms with Gasteiger partial charge in [-0.1, -0.05) is 6.07 Å². The van der Waals surface area contributed by atoms with E-state index in [0.717, 1.165) is 5.56 Å². The van der Waals surface area contributed by atoms with Crippen LogP contribution in [0.5, 0.6) is 5.75 Å². The van der Waals surface area contributed by atoms with Gasteiger partial charge in [0.15, 0.2) is 0 Å². The van der Waals surface area contributed by atoms with Crippen molar-refractivity contribution < 1.29 is 17.9 Å². The summed E-state index contributed by atoms with van der Waals surface area (Å²) in [5, 5.41) is 0. The van der Waals surface area contributed by atoms with Crippen LogP contribution >= 0.6 is 10.7 Å². The van der Waals surface area contributed by atoms with Crippen molar-refractivity contribution in [3.8, 4) is 5.75 Å². The van der Waals surface area contributed by atoms with Gasteiger partial charge in [0.05, 0.1) is 13.0 Å². The van der Waals surface area contributed by atoms with E-state index in [1.54, 1.807) is 27.1 Å². The van der Waals surface area contributed by atoms with Gasteiger partial charge in [-0.2, -0.15) is 0 Å². The second-order valence-electron chi connectivity index (χ2n) is 4.27. The number of carbonyl (C=O) groups is 1. The van der Waals surface area contributed by atoms with Crippen molar-refractivity contribution in [3.63, 3.8) is 0 Å². The molecule has 1 amide bonds. The van der Waals surface area contributed by atoms with Crippen LogP contribution in [0.15, 0.2) is 23.1 Å². The van der Waals surface area contributed by atoms with Crippen LogP contribution in [-0.2, 0) is 13.8 Å². The molecule has 106 valence electrons. The van der Waals surface area contributed by atoms with E-state index in [2.05, 4.69) is 0 Å². The summed E-state index contributed by atoms with van der Waals surface area (Å²) in [4.78, 5) is 12.7. The Morgan fingerprint density at radius 3 is 2.53 bits per heavy atom. The van der Waals surface area contributed by atoms with Gasteiger partial charge in [-0.25, -0.2) is 8.42 Å². The van der Waals surface area contributed by atoms with Crippen molar-refractivity contribution in [2.45, 2.75) is 18.2 Å². The molecule has 0 heterocycles. The second-order valence-corrected chi connectivity index (χ2v) is 6.81. The van der Waals surface area contributed by atoms with Gasteiger partial charge in [-0.05, 0) is 24.6 Å². The molecule has 0 spiro atoms. The molecule has 0 aliphatic rings. The Kier molecular flexibility index (Phi) is 5.20. The number of ether oxygens (including phenoxy) is 1. The van der Waals surface area contributed by atoms with Crippen LogP contribution in [-0.4, -0.2) is 39.9 Å². The number of carbonyl (C=O) groups excluding carboxylic acids is 1. The number of hydrogen-bond donors (Lipinski definition) is 0. The van der Waals surface area contributed by atoms with Crippen LogP contribution in [0, 0.1) is 6.92 Å². The minimum absolute atomic E-state index is 0.0773. The summed E-state index contributed by atoms with van der Waals surface area (Å²) in [6.07, 6.45) is 0.169. The Hall–Kier alpha value is -1.27. The zero-order chi connectivity index (χ0) is 14.6. The predicted molar refractivity (Wildman–Crippen MR) is 73.0 cm³/mol. The number of amides is 1. The third-order valence-corrected chi connectivity index (χ3v) is 3.78. The smallest absolute Gasteiger partial charge is 0.264 e. The first-order valence-electron chi connectivity index (χ1n) is 5.60. The van der Waals surface area contributed by atoms with Crippen LogP contribution in [0.2, 0.25) is 0 Å². The van der Waals surface area contributed by atoms with Crippen LogP contribution in [0.3, 0.4) is 0 Å². The number of nitrogens with zero attached hydrogens (tertiary/aromatic N) is 1. The molecule has 19 heavy (non-hydrogen) atoms. The highest BCUT2D eigenvalue weighted by Gasteiger charge is 2.17. The minimum Gasteiger partial charge on any atom is -0.492 e. The molecule has 0 radical (unpaired) electrons. The predicted octanol–water partition coefficient (Wildman–Crippen LogP) is 1.78. The molecule has 0 saturated carbocycles. The third kappa shape index (κ3) is 4.72. The Morgan fingerprint density at radius 1 is 1.37 bits per heavy atom. The molecule has 0 fully saturated rings. The lowest BCUT2D eigenvalue weighted by Gasteiger charge is -2.12. The van der Waals surface area contributed by atoms with Gasteiger partial charge in [-0.15, -0.1) is 0 Å². The Bertz CT molecular complexity index is 569. The molecule has 0 unspecified atom stereocenters. The summed E-state index contributed by atoms with van der Waals surface area (Å²) in [5.41, 5.74) is 0.760. The van der Waals surface area contributed by atoms with Gasteiger partial charge in [0.1, 0.15) is 10.6 Å². The van der Waals surface area contributed by atoms with Crippen LogP contribution in [0.25, 0.3) is 0 Å². The highest BCUT2D eigenvalue weighted by molar-refractivity contribution is 8.13. The topological polar surface area (TPSA) is 63.7 Å². The van der Waals surface area contributed by atoms with Gasteiger partial charge in [0, 0.05) is 24.8 Å². The van der Waals surface area contributed by atoms with Crippen molar-refractivity contribution in [1.82, 2.24) is 4.90 Å². The molecule has 0 bridgehead atoms. The van der Waals surface area contributed by atoms with E-state index < -0.39 is 9.05 Å². The first-order chi connectivity index (χ1) is 8.71. The Balaban J connectivity index is 2.82. The van der Waals surface area contributed by atoms with E-state index in [9.17, 15) is 13.2 Å². The molecule has 1 aromatic rings. The first kappa shape index (κ1) is 15.8. The van der Waals surface area contributed by atoms with Crippen LogP contribution < -0.4 is 4.74 Å². The van der Waals surface area contributed by atoms with Crippen molar-refractivity contribution in [1.29, 1.82) is 0 Å². The molecule has 0 aromatic heterocycles. The summed E-state index contributed by atoms with van der Waals surface area (Å²) < 4.78 is 28.2. The van der Waals surface area contributed by atoms with Crippen LogP contribution in [0.1, 0.15) is 12.0 Å². The van der Waals surface area contributed by atoms with E-state index in [-0.39, 0.29) is 29.6 Å².